The molecule has 2 aromatic rings. The lowest BCUT2D eigenvalue weighted by molar-refractivity contribution is 0.0947. The first-order valence-electron chi connectivity index (χ1n) is 8.04. The number of rotatable bonds is 8. The van der Waals surface area contributed by atoms with Gasteiger partial charge in [-0.25, -0.2) is 4.68 Å². The summed E-state index contributed by atoms with van der Waals surface area (Å²) in [6.07, 6.45) is 6.31. The largest absolute Gasteiger partial charge is 0.351 e. The summed E-state index contributed by atoms with van der Waals surface area (Å²) >= 11 is 6.14. The molecule has 0 fully saturated rings. The van der Waals surface area contributed by atoms with Gasteiger partial charge in [-0.1, -0.05) is 37.8 Å². The van der Waals surface area contributed by atoms with Gasteiger partial charge in [0, 0.05) is 12.7 Å². The molecule has 0 bridgehead atoms. The topological polar surface area (TPSA) is 64.7 Å². The van der Waals surface area contributed by atoms with E-state index in [0.29, 0.717) is 23.9 Å². The van der Waals surface area contributed by atoms with Gasteiger partial charge in [0.25, 0.3) is 5.91 Å². The molecule has 1 amide bonds. The minimum Gasteiger partial charge on any atom is -0.351 e. The van der Waals surface area contributed by atoms with Crippen LogP contribution in [0.15, 0.2) is 12.3 Å². The van der Waals surface area contributed by atoms with E-state index in [0.717, 1.165) is 24.2 Å². The highest BCUT2D eigenvalue weighted by Gasteiger charge is 2.12. The third-order valence-electron chi connectivity index (χ3n) is 3.76. The lowest BCUT2D eigenvalue weighted by Gasteiger charge is -2.05. The van der Waals surface area contributed by atoms with Crippen LogP contribution in [0.4, 0.5) is 0 Å². The second-order valence-corrected chi connectivity index (χ2v) is 6.06. The smallest absolute Gasteiger partial charge is 0.271 e. The van der Waals surface area contributed by atoms with Crippen molar-refractivity contribution < 1.29 is 4.79 Å². The summed E-state index contributed by atoms with van der Waals surface area (Å²) in [6.45, 7) is 7.07. The predicted octanol–water partition coefficient (Wildman–Crippen LogP) is 3.17. The van der Waals surface area contributed by atoms with Crippen molar-refractivity contribution in [2.75, 3.05) is 6.54 Å². The van der Waals surface area contributed by atoms with Crippen molar-refractivity contribution in [1.29, 1.82) is 0 Å². The van der Waals surface area contributed by atoms with Gasteiger partial charge in [0.05, 0.1) is 16.4 Å². The van der Waals surface area contributed by atoms with E-state index in [1.165, 1.54) is 12.8 Å². The Labute approximate surface area is 141 Å². The molecule has 0 saturated heterocycles. The van der Waals surface area contributed by atoms with Gasteiger partial charge in [-0.2, -0.15) is 10.2 Å². The molecule has 0 atom stereocenters. The van der Waals surface area contributed by atoms with E-state index in [2.05, 4.69) is 22.4 Å². The van der Waals surface area contributed by atoms with E-state index < -0.39 is 0 Å². The molecule has 23 heavy (non-hydrogen) atoms. The average Bonchev–Trinajstić information content (AvgIpc) is 3.09. The van der Waals surface area contributed by atoms with Crippen LogP contribution in [0.2, 0.25) is 5.02 Å². The van der Waals surface area contributed by atoms with Crippen molar-refractivity contribution >= 4 is 17.5 Å². The van der Waals surface area contributed by atoms with Crippen LogP contribution in [0.25, 0.3) is 0 Å². The second-order valence-electron chi connectivity index (χ2n) is 5.68. The maximum absolute atomic E-state index is 12.0. The van der Waals surface area contributed by atoms with E-state index in [4.69, 9.17) is 11.6 Å². The van der Waals surface area contributed by atoms with Gasteiger partial charge >= 0.3 is 0 Å². The maximum Gasteiger partial charge on any atom is 0.271 e. The zero-order valence-electron chi connectivity index (χ0n) is 14.0. The Bertz CT molecular complexity index is 661. The molecular weight excluding hydrogens is 314 g/mol. The summed E-state index contributed by atoms with van der Waals surface area (Å²) in [5.74, 6) is -0.133. The molecule has 1 N–H and O–H groups in total. The van der Waals surface area contributed by atoms with Gasteiger partial charge in [-0.05, 0) is 26.3 Å². The van der Waals surface area contributed by atoms with Crippen molar-refractivity contribution in [3.05, 3.63) is 34.4 Å². The van der Waals surface area contributed by atoms with E-state index in [9.17, 15) is 4.79 Å². The minimum absolute atomic E-state index is 0.133. The quantitative estimate of drug-likeness (QED) is 0.752. The molecule has 0 aromatic carbocycles. The minimum atomic E-state index is -0.133. The Kier molecular flexibility index (Phi) is 6.21. The van der Waals surface area contributed by atoms with Gasteiger partial charge in [-0.15, -0.1) is 0 Å². The molecule has 2 heterocycles. The number of unbranched alkanes of at least 4 members (excludes halogenated alkanes) is 3. The Morgan fingerprint density at radius 2 is 2.04 bits per heavy atom. The molecule has 2 rings (SSSR count). The Morgan fingerprint density at radius 3 is 2.70 bits per heavy atom. The van der Waals surface area contributed by atoms with Crippen LogP contribution in [-0.4, -0.2) is 32.0 Å². The molecular formula is C16H24ClN5O. The summed E-state index contributed by atoms with van der Waals surface area (Å²) in [4.78, 5) is 12.0. The van der Waals surface area contributed by atoms with Crippen molar-refractivity contribution in [3.8, 4) is 0 Å². The molecule has 2 aromatic heterocycles. The van der Waals surface area contributed by atoms with Crippen LogP contribution < -0.4 is 5.32 Å². The number of aryl methyl sites for hydroxylation is 1. The number of nitrogens with one attached hydrogen (secondary N) is 1. The second kappa shape index (κ2) is 8.15. The number of hydrogen-bond acceptors (Lipinski definition) is 3. The third-order valence-corrected chi connectivity index (χ3v) is 4.31. The van der Waals surface area contributed by atoms with Gasteiger partial charge in [0.2, 0.25) is 0 Å². The highest BCUT2D eigenvalue weighted by Crippen LogP contribution is 2.18. The van der Waals surface area contributed by atoms with Crippen molar-refractivity contribution in [2.45, 2.75) is 53.1 Å². The highest BCUT2D eigenvalue weighted by molar-refractivity contribution is 6.31. The summed E-state index contributed by atoms with van der Waals surface area (Å²) in [5, 5.41) is 12.2. The summed E-state index contributed by atoms with van der Waals surface area (Å²) < 4.78 is 3.46. The number of nitrogens with zero attached hydrogens (tertiary/aromatic N) is 4. The van der Waals surface area contributed by atoms with E-state index in [1.807, 2.05) is 13.8 Å². The van der Waals surface area contributed by atoms with Gasteiger partial charge in [0.1, 0.15) is 12.4 Å². The molecule has 6 nitrogen and oxygen atoms in total. The average molecular weight is 338 g/mol. The van der Waals surface area contributed by atoms with Gasteiger partial charge < -0.3 is 5.32 Å². The number of halogens is 1. The number of hydrogen-bond donors (Lipinski definition) is 1. The molecule has 0 aliphatic heterocycles. The van der Waals surface area contributed by atoms with Gasteiger partial charge in [-0.3, -0.25) is 9.48 Å². The molecule has 126 valence electrons. The van der Waals surface area contributed by atoms with Crippen LogP contribution >= 0.6 is 11.6 Å². The number of carbonyl (C=O) groups is 1. The van der Waals surface area contributed by atoms with Crippen LogP contribution in [0.1, 0.15) is 54.5 Å². The Morgan fingerprint density at radius 1 is 1.26 bits per heavy atom. The number of aromatic nitrogens is 4. The zero-order chi connectivity index (χ0) is 16.8. The fraction of sp³-hybridized carbons (Fsp3) is 0.562. The molecule has 0 spiro atoms. The molecule has 0 aliphatic rings. The first kappa shape index (κ1) is 17.5. The standard InChI is InChI=1S/C16H24ClN5O/c1-4-5-6-7-9-18-16(23)14-8-10-21(20-14)11-22-13(3)15(17)12(2)19-22/h8,10H,4-7,9,11H2,1-3H3,(H,18,23). The molecule has 7 heteroatoms. The number of amides is 1. The van der Waals surface area contributed by atoms with Crippen molar-refractivity contribution in [2.24, 2.45) is 0 Å². The zero-order valence-corrected chi connectivity index (χ0v) is 14.7. The molecule has 0 unspecified atom stereocenters. The van der Waals surface area contributed by atoms with E-state index >= 15 is 0 Å². The summed E-state index contributed by atoms with van der Waals surface area (Å²) in [5.41, 5.74) is 2.11. The van der Waals surface area contributed by atoms with Crippen molar-refractivity contribution in [3.63, 3.8) is 0 Å². The monoisotopic (exact) mass is 337 g/mol. The predicted molar refractivity (Wildman–Crippen MR) is 90.8 cm³/mol. The fourth-order valence-corrected chi connectivity index (χ4v) is 2.49. The first-order chi connectivity index (χ1) is 11.0. The highest BCUT2D eigenvalue weighted by atomic mass is 35.5. The van der Waals surface area contributed by atoms with Crippen LogP contribution in [-0.2, 0) is 6.67 Å². The Hall–Kier alpha value is -1.82. The van der Waals surface area contributed by atoms with Crippen LogP contribution in [0.3, 0.4) is 0 Å². The third kappa shape index (κ3) is 4.58. The van der Waals surface area contributed by atoms with Crippen LogP contribution in [0, 0.1) is 13.8 Å². The van der Waals surface area contributed by atoms with Crippen LogP contribution in [0.5, 0.6) is 0 Å². The van der Waals surface area contributed by atoms with Gasteiger partial charge in [0.15, 0.2) is 0 Å². The lowest BCUT2D eigenvalue weighted by atomic mass is 10.2. The first-order valence-corrected chi connectivity index (χ1v) is 8.42. The summed E-state index contributed by atoms with van der Waals surface area (Å²) in [7, 11) is 0. The lowest BCUT2D eigenvalue weighted by Crippen LogP contribution is -2.25. The molecule has 0 aliphatic carbocycles. The maximum atomic E-state index is 12.0. The molecule has 0 radical (unpaired) electrons. The van der Waals surface area contributed by atoms with Crippen molar-refractivity contribution in [1.82, 2.24) is 24.9 Å². The number of carbonyl (C=O) groups excluding carboxylic acids is 1. The Balaban J connectivity index is 1.89. The van der Waals surface area contributed by atoms with E-state index in [-0.39, 0.29) is 5.91 Å². The summed E-state index contributed by atoms with van der Waals surface area (Å²) in [6, 6.07) is 1.72. The van der Waals surface area contributed by atoms with E-state index in [1.54, 1.807) is 21.6 Å². The fourth-order valence-electron chi connectivity index (χ4n) is 2.36. The SMILES string of the molecule is CCCCCCNC(=O)c1ccn(Cn2nc(C)c(Cl)c2C)n1. The molecule has 0 saturated carbocycles. The normalized spacial score (nSPS) is 11.0.